The number of amides is 1. The molecule has 0 atom stereocenters. The highest BCUT2D eigenvalue weighted by molar-refractivity contribution is 6.29. The maximum atomic E-state index is 12.9. The normalized spacial score (nSPS) is 16.3. The molecule has 6 nitrogen and oxygen atoms in total. The minimum absolute atomic E-state index is 0.0634. The van der Waals surface area contributed by atoms with Gasteiger partial charge in [-0.1, -0.05) is 25.4 Å². The maximum Gasteiger partial charge on any atom is 0.254 e. The van der Waals surface area contributed by atoms with Crippen LogP contribution in [-0.4, -0.2) is 39.6 Å². The van der Waals surface area contributed by atoms with Crippen LogP contribution in [0.4, 0.5) is 0 Å². The van der Waals surface area contributed by atoms with Gasteiger partial charge in [0.05, 0.1) is 18.5 Å². The Bertz CT molecular complexity index is 741. The largest absolute Gasteiger partial charge is 0.378 e. The van der Waals surface area contributed by atoms with Crippen LogP contribution in [0.3, 0.4) is 0 Å². The Hall–Kier alpha value is -1.92. The Balaban J connectivity index is 1.90. The monoisotopic (exact) mass is 334 g/mol. The Morgan fingerprint density at radius 1 is 1.48 bits per heavy atom. The number of pyridine rings is 1. The molecule has 3 heterocycles. The van der Waals surface area contributed by atoms with Gasteiger partial charge < -0.3 is 9.64 Å². The second-order valence-corrected chi connectivity index (χ2v) is 6.81. The quantitative estimate of drug-likeness (QED) is 0.876. The van der Waals surface area contributed by atoms with Crippen LogP contribution in [0, 0.1) is 0 Å². The number of halogens is 1. The van der Waals surface area contributed by atoms with Crippen LogP contribution in [-0.2, 0) is 23.3 Å². The molecule has 1 aliphatic rings. The van der Waals surface area contributed by atoms with Crippen LogP contribution in [0.1, 0.15) is 41.2 Å². The third kappa shape index (κ3) is 3.09. The van der Waals surface area contributed by atoms with E-state index in [1.807, 2.05) is 4.90 Å². The van der Waals surface area contributed by atoms with E-state index in [2.05, 4.69) is 29.0 Å². The third-order valence-corrected chi connectivity index (χ3v) is 4.21. The second kappa shape index (κ2) is 5.94. The van der Waals surface area contributed by atoms with Crippen molar-refractivity contribution in [3.05, 3.63) is 46.0 Å². The van der Waals surface area contributed by atoms with Crippen molar-refractivity contribution in [1.82, 2.24) is 20.1 Å². The molecule has 1 N–H and O–H groups in total. The van der Waals surface area contributed by atoms with Gasteiger partial charge in [-0.2, -0.15) is 5.10 Å². The van der Waals surface area contributed by atoms with Crippen LogP contribution in [0.25, 0.3) is 0 Å². The number of nitrogens with one attached hydrogen (secondary N) is 1. The molecule has 0 saturated carbocycles. The van der Waals surface area contributed by atoms with Gasteiger partial charge in [0, 0.05) is 42.4 Å². The first-order chi connectivity index (χ1) is 10.9. The summed E-state index contributed by atoms with van der Waals surface area (Å²) in [4.78, 5) is 18.9. The van der Waals surface area contributed by atoms with Gasteiger partial charge in [0.2, 0.25) is 0 Å². The van der Waals surface area contributed by atoms with E-state index in [0.717, 1.165) is 11.3 Å². The summed E-state index contributed by atoms with van der Waals surface area (Å²) in [6, 6.07) is 3.33. The molecule has 0 unspecified atom stereocenters. The summed E-state index contributed by atoms with van der Waals surface area (Å²) < 4.78 is 5.07. The lowest BCUT2D eigenvalue weighted by Crippen LogP contribution is -2.45. The zero-order valence-electron chi connectivity index (χ0n) is 13.4. The molecule has 0 fully saturated rings. The van der Waals surface area contributed by atoms with Crippen molar-refractivity contribution in [2.24, 2.45) is 0 Å². The number of hydrogen-bond acceptors (Lipinski definition) is 4. The predicted octanol–water partition coefficient (Wildman–Crippen LogP) is 2.54. The Labute approximate surface area is 139 Å². The maximum absolute atomic E-state index is 12.9. The van der Waals surface area contributed by atoms with Gasteiger partial charge >= 0.3 is 0 Å². The summed E-state index contributed by atoms with van der Waals surface area (Å²) in [6.45, 7) is 5.66. The molecule has 0 spiro atoms. The summed E-state index contributed by atoms with van der Waals surface area (Å²) in [7, 11) is 1.58. The van der Waals surface area contributed by atoms with Crippen molar-refractivity contribution >= 4 is 17.5 Å². The molecular weight excluding hydrogens is 316 g/mol. The summed E-state index contributed by atoms with van der Waals surface area (Å²) in [5.41, 5.74) is 3.14. The Morgan fingerprint density at radius 2 is 2.26 bits per heavy atom. The van der Waals surface area contributed by atoms with Gasteiger partial charge in [-0.05, 0) is 12.1 Å². The van der Waals surface area contributed by atoms with Gasteiger partial charge in [0.25, 0.3) is 5.91 Å². The number of aromatic amines is 1. The SMILES string of the molecule is COCc1cc(C(=O)N2Cc3cn[nH]c3C(C)(C)C2)cc(Cl)n1. The Morgan fingerprint density at radius 3 is 3.00 bits per heavy atom. The highest BCUT2D eigenvalue weighted by atomic mass is 35.5. The van der Waals surface area contributed by atoms with Crippen LogP contribution in [0.15, 0.2) is 18.3 Å². The molecule has 2 aromatic rings. The molecule has 122 valence electrons. The molecule has 0 radical (unpaired) electrons. The molecular formula is C16H19ClN4O2. The van der Waals surface area contributed by atoms with E-state index < -0.39 is 0 Å². The van der Waals surface area contributed by atoms with E-state index >= 15 is 0 Å². The number of H-pyrrole nitrogens is 1. The molecule has 23 heavy (non-hydrogen) atoms. The standard InChI is InChI=1S/C16H19ClN4O2/c1-16(2)9-21(7-11-6-18-20-14(11)16)15(22)10-4-12(8-23-3)19-13(17)5-10/h4-6H,7-9H2,1-3H3,(H,18,20). The van der Waals surface area contributed by atoms with E-state index in [-0.39, 0.29) is 11.3 Å². The molecule has 0 aliphatic carbocycles. The fourth-order valence-corrected chi connectivity index (χ4v) is 3.28. The van der Waals surface area contributed by atoms with Gasteiger partial charge in [-0.25, -0.2) is 4.98 Å². The van der Waals surface area contributed by atoms with Gasteiger partial charge in [-0.3, -0.25) is 9.89 Å². The van der Waals surface area contributed by atoms with E-state index in [4.69, 9.17) is 16.3 Å². The van der Waals surface area contributed by atoms with Crippen molar-refractivity contribution in [2.75, 3.05) is 13.7 Å². The van der Waals surface area contributed by atoms with Crippen LogP contribution >= 0.6 is 11.6 Å². The second-order valence-electron chi connectivity index (χ2n) is 6.42. The van der Waals surface area contributed by atoms with Crippen molar-refractivity contribution in [1.29, 1.82) is 0 Å². The van der Waals surface area contributed by atoms with Crippen LogP contribution in [0.5, 0.6) is 0 Å². The summed E-state index contributed by atoms with van der Waals surface area (Å²) in [6.07, 6.45) is 1.78. The first kappa shape index (κ1) is 16.0. The Kier molecular flexibility index (Phi) is 4.12. The van der Waals surface area contributed by atoms with E-state index in [9.17, 15) is 4.79 Å². The molecule has 0 saturated heterocycles. The number of carbonyl (C=O) groups excluding carboxylic acids is 1. The van der Waals surface area contributed by atoms with E-state index in [1.54, 1.807) is 25.4 Å². The first-order valence-corrected chi connectivity index (χ1v) is 7.76. The van der Waals surface area contributed by atoms with Gasteiger partial charge in [0.1, 0.15) is 5.15 Å². The lowest BCUT2D eigenvalue weighted by Gasteiger charge is -2.37. The molecule has 1 amide bonds. The minimum atomic E-state index is -0.175. The summed E-state index contributed by atoms with van der Waals surface area (Å²) >= 11 is 6.04. The third-order valence-electron chi connectivity index (χ3n) is 4.02. The average molecular weight is 335 g/mol. The fourth-order valence-electron chi connectivity index (χ4n) is 3.06. The number of hydrogen-bond donors (Lipinski definition) is 1. The molecule has 3 rings (SSSR count). The van der Waals surface area contributed by atoms with Crippen molar-refractivity contribution < 1.29 is 9.53 Å². The number of carbonyl (C=O) groups is 1. The number of aromatic nitrogens is 3. The zero-order chi connectivity index (χ0) is 16.6. The topological polar surface area (TPSA) is 71.1 Å². The van der Waals surface area contributed by atoms with Gasteiger partial charge in [0.15, 0.2) is 0 Å². The number of nitrogens with zero attached hydrogens (tertiary/aromatic N) is 3. The number of ether oxygens (including phenoxy) is 1. The van der Waals surface area contributed by atoms with Crippen molar-refractivity contribution in [3.8, 4) is 0 Å². The van der Waals surface area contributed by atoms with Crippen LogP contribution in [0.2, 0.25) is 5.15 Å². The average Bonchev–Trinajstić information content (AvgIpc) is 2.95. The smallest absolute Gasteiger partial charge is 0.254 e. The lowest BCUT2D eigenvalue weighted by molar-refractivity contribution is 0.0684. The number of fused-ring (bicyclic) bond motifs is 1. The zero-order valence-corrected chi connectivity index (χ0v) is 14.1. The molecule has 2 aromatic heterocycles. The van der Waals surface area contributed by atoms with Crippen LogP contribution < -0.4 is 0 Å². The van der Waals surface area contributed by atoms with Crippen molar-refractivity contribution in [2.45, 2.75) is 32.4 Å². The van der Waals surface area contributed by atoms with Crippen molar-refractivity contribution in [3.63, 3.8) is 0 Å². The summed E-state index contributed by atoms with van der Waals surface area (Å²) in [5.74, 6) is -0.0634. The minimum Gasteiger partial charge on any atom is -0.378 e. The highest BCUT2D eigenvalue weighted by Gasteiger charge is 2.35. The highest BCUT2D eigenvalue weighted by Crippen LogP contribution is 2.32. The number of rotatable bonds is 3. The predicted molar refractivity (Wildman–Crippen MR) is 86.3 cm³/mol. The molecule has 7 heteroatoms. The first-order valence-electron chi connectivity index (χ1n) is 7.38. The number of methoxy groups -OCH3 is 1. The van der Waals surface area contributed by atoms with E-state index in [0.29, 0.717) is 36.1 Å². The molecule has 0 bridgehead atoms. The lowest BCUT2D eigenvalue weighted by atomic mass is 9.83. The molecule has 0 aromatic carbocycles. The summed E-state index contributed by atoms with van der Waals surface area (Å²) in [5, 5.41) is 7.45. The molecule has 1 aliphatic heterocycles. The van der Waals surface area contributed by atoms with Gasteiger partial charge in [-0.15, -0.1) is 0 Å². The fraction of sp³-hybridized carbons (Fsp3) is 0.438. The van der Waals surface area contributed by atoms with E-state index in [1.165, 1.54) is 0 Å².